The van der Waals surface area contributed by atoms with Crippen LogP contribution in [0.15, 0.2) is 18.2 Å². The first-order valence-electron chi connectivity index (χ1n) is 6.58. The number of rotatable bonds is 6. The van der Waals surface area contributed by atoms with Gasteiger partial charge in [0.25, 0.3) is 0 Å². The van der Waals surface area contributed by atoms with Crippen molar-refractivity contribution in [3.63, 3.8) is 0 Å². The Balaban J connectivity index is 3.13. The highest BCUT2D eigenvalue weighted by Gasteiger charge is 2.29. The van der Waals surface area contributed by atoms with Crippen molar-refractivity contribution in [3.05, 3.63) is 29.3 Å². The zero-order chi connectivity index (χ0) is 13.8. The summed E-state index contributed by atoms with van der Waals surface area (Å²) in [5.74, 6) is 0.866. The average Bonchev–Trinajstić information content (AvgIpc) is 2.37. The summed E-state index contributed by atoms with van der Waals surface area (Å²) in [6.45, 7) is 7.10. The topological polar surface area (TPSA) is 61.3 Å². The van der Waals surface area contributed by atoms with Crippen LogP contribution in [-0.4, -0.2) is 13.7 Å². The SMILES string of the molecule is CCc1ccc(OC)c(C(N)C(C)(C)CCN)c1. The van der Waals surface area contributed by atoms with Gasteiger partial charge in [-0.3, -0.25) is 0 Å². The summed E-state index contributed by atoms with van der Waals surface area (Å²) < 4.78 is 5.43. The van der Waals surface area contributed by atoms with E-state index in [1.807, 2.05) is 6.07 Å². The van der Waals surface area contributed by atoms with E-state index in [2.05, 4.69) is 32.9 Å². The molecule has 4 N–H and O–H groups in total. The third-order valence-corrected chi connectivity index (χ3v) is 3.67. The van der Waals surface area contributed by atoms with Crippen LogP contribution in [-0.2, 0) is 6.42 Å². The smallest absolute Gasteiger partial charge is 0.123 e. The van der Waals surface area contributed by atoms with Crippen molar-refractivity contribution < 1.29 is 4.74 Å². The molecule has 0 aliphatic heterocycles. The molecule has 18 heavy (non-hydrogen) atoms. The van der Waals surface area contributed by atoms with Crippen molar-refractivity contribution in [1.29, 1.82) is 0 Å². The second-order valence-corrected chi connectivity index (χ2v) is 5.43. The monoisotopic (exact) mass is 250 g/mol. The molecular weight excluding hydrogens is 224 g/mol. The molecule has 0 aromatic heterocycles. The Bertz CT molecular complexity index is 388. The van der Waals surface area contributed by atoms with E-state index in [4.69, 9.17) is 16.2 Å². The maximum Gasteiger partial charge on any atom is 0.123 e. The van der Waals surface area contributed by atoms with Crippen LogP contribution in [0.1, 0.15) is 44.4 Å². The predicted octanol–water partition coefficient (Wildman–Crippen LogP) is 2.63. The molecule has 1 atom stereocenters. The molecule has 0 aliphatic rings. The van der Waals surface area contributed by atoms with Gasteiger partial charge in [-0.25, -0.2) is 0 Å². The van der Waals surface area contributed by atoms with Crippen LogP contribution in [0.3, 0.4) is 0 Å². The Hall–Kier alpha value is -1.06. The van der Waals surface area contributed by atoms with Gasteiger partial charge in [-0.15, -0.1) is 0 Å². The van der Waals surface area contributed by atoms with Crippen molar-refractivity contribution in [2.45, 2.75) is 39.7 Å². The van der Waals surface area contributed by atoms with Gasteiger partial charge in [0.05, 0.1) is 7.11 Å². The molecule has 0 amide bonds. The fourth-order valence-electron chi connectivity index (χ4n) is 2.20. The minimum atomic E-state index is -0.0671. The second kappa shape index (κ2) is 6.21. The molecule has 1 aromatic rings. The highest BCUT2D eigenvalue weighted by molar-refractivity contribution is 5.40. The number of hydrogen-bond donors (Lipinski definition) is 2. The lowest BCUT2D eigenvalue weighted by atomic mass is 9.77. The highest BCUT2D eigenvalue weighted by atomic mass is 16.5. The maximum absolute atomic E-state index is 6.42. The van der Waals surface area contributed by atoms with Gasteiger partial charge >= 0.3 is 0 Å². The quantitative estimate of drug-likeness (QED) is 0.816. The molecular formula is C15H26N2O. The number of ether oxygens (including phenoxy) is 1. The van der Waals surface area contributed by atoms with E-state index >= 15 is 0 Å². The number of nitrogens with two attached hydrogens (primary N) is 2. The van der Waals surface area contributed by atoms with Crippen molar-refractivity contribution in [3.8, 4) is 5.75 Å². The van der Waals surface area contributed by atoms with E-state index in [0.717, 1.165) is 24.2 Å². The Morgan fingerprint density at radius 3 is 2.50 bits per heavy atom. The average molecular weight is 250 g/mol. The molecule has 0 aliphatic carbocycles. The Morgan fingerprint density at radius 1 is 1.33 bits per heavy atom. The Kier molecular flexibility index (Phi) is 5.17. The van der Waals surface area contributed by atoms with E-state index in [0.29, 0.717) is 6.54 Å². The van der Waals surface area contributed by atoms with Crippen LogP contribution in [0.2, 0.25) is 0 Å². The lowest BCUT2D eigenvalue weighted by molar-refractivity contribution is 0.264. The van der Waals surface area contributed by atoms with Crippen LogP contribution in [0, 0.1) is 5.41 Å². The minimum Gasteiger partial charge on any atom is -0.496 e. The van der Waals surface area contributed by atoms with Crippen LogP contribution in [0.4, 0.5) is 0 Å². The summed E-state index contributed by atoms with van der Waals surface area (Å²) in [6.07, 6.45) is 1.90. The molecule has 0 fully saturated rings. The van der Waals surface area contributed by atoms with Gasteiger partial charge < -0.3 is 16.2 Å². The summed E-state index contributed by atoms with van der Waals surface area (Å²) >= 11 is 0. The van der Waals surface area contributed by atoms with Gasteiger partial charge in [0, 0.05) is 11.6 Å². The van der Waals surface area contributed by atoms with E-state index < -0.39 is 0 Å². The third kappa shape index (κ3) is 3.24. The summed E-state index contributed by atoms with van der Waals surface area (Å²) in [4.78, 5) is 0. The van der Waals surface area contributed by atoms with Crippen molar-refractivity contribution in [2.75, 3.05) is 13.7 Å². The molecule has 1 aromatic carbocycles. The fourth-order valence-corrected chi connectivity index (χ4v) is 2.20. The molecule has 0 heterocycles. The van der Waals surface area contributed by atoms with Gasteiger partial charge in [-0.2, -0.15) is 0 Å². The van der Waals surface area contributed by atoms with Crippen LogP contribution >= 0.6 is 0 Å². The van der Waals surface area contributed by atoms with Crippen LogP contribution in [0.5, 0.6) is 5.75 Å². The van der Waals surface area contributed by atoms with Crippen molar-refractivity contribution in [1.82, 2.24) is 0 Å². The molecule has 0 saturated carbocycles. The Morgan fingerprint density at radius 2 is 2.00 bits per heavy atom. The van der Waals surface area contributed by atoms with Crippen LogP contribution < -0.4 is 16.2 Å². The van der Waals surface area contributed by atoms with E-state index in [1.165, 1.54) is 5.56 Å². The van der Waals surface area contributed by atoms with E-state index in [1.54, 1.807) is 7.11 Å². The zero-order valence-corrected chi connectivity index (χ0v) is 12.0. The number of aryl methyl sites for hydroxylation is 1. The number of benzene rings is 1. The fraction of sp³-hybridized carbons (Fsp3) is 0.600. The first-order chi connectivity index (χ1) is 8.46. The molecule has 0 radical (unpaired) electrons. The van der Waals surface area contributed by atoms with Gasteiger partial charge in [-0.05, 0) is 36.4 Å². The molecule has 1 rings (SSSR count). The molecule has 0 saturated heterocycles. The summed E-state index contributed by atoms with van der Waals surface area (Å²) in [5.41, 5.74) is 14.4. The molecule has 0 spiro atoms. The molecule has 3 heteroatoms. The maximum atomic E-state index is 6.42. The number of hydrogen-bond acceptors (Lipinski definition) is 3. The lowest BCUT2D eigenvalue weighted by Gasteiger charge is -2.32. The molecule has 3 nitrogen and oxygen atoms in total. The lowest BCUT2D eigenvalue weighted by Crippen LogP contribution is -2.31. The van der Waals surface area contributed by atoms with Gasteiger partial charge in [0.15, 0.2) is 0 Å². The third-order valence-electron chi connectivity index (χ3n) is 3.67. The molecule has 0 bridgehead atoms. The highest BCUT2D eigenvalue weighted by Crippen LogP contribution is 2.38. The normalized spacial score (nSPS) is 13.4. The summed E-state index contributed by atoms with van der Waals surface area (Å²) in [6, 6.07) is 6.18. The predicted molar refractivity (Wildman–Crippen MR) is 76.8 cm³/mol. The first kappa shape index (κ1) is 15.0. The van der Waals surface area contributed by atoms with E-state index in [9.17, 15) is 0 Å². The summed E-state index contributed by atoms with van der Waals surface area (Å²) in [5, 5.41) is 0. The van der Waals surface area contributed by atoms with Crippen molar-refractivity contribution >= 4 is 0 Å². The molecule has 1 unspecified atom stereocenters. The van der Waals surface area contributed by atoms with Gasteiger partial charge in [-0.1, -0.05) is 32.9 Å². The van der Waals surface area contributed by atoms with E-state index in [-0.39, 0.29) is 11.5 Å². The standard InChI is InChI=1S/C15H26N2O/c1-5-11-6-7-13(18-4)12(10-11)14(17)15(2,3)8-9-16/h6-7,10,14H,5,8-9,16-17H2,1-4H3. The Labute approximate surface area is 111 Å². The van der Waals surface area contributed by atoms with Crippen LogP contribution in [0.25, 0.3) is 0 Å². The zero-order valence-electron chi connectivity index (χ0n) is 12.0. The largest absolute Gasteiger partial charge is 0.496 e. The second-order valence-electron chi connectivity index (χ2n) is 5.43. The van der Waals surface area contributed by atoms with Gasteiger partial charge in [0.1, 0.15) is 5.75 Å². The van der Waals surface area contributed by atoms with Crippen molar-refractivity contribution in [2.24, 2.45) is 16.9 Å². The molecule has 102 valence electrons. The first-order valence-corrected chi connectivity index (χ1v) is 6.58. The van der Waals surface area contributed by atoms with Gasteiger partial charge in [0.2, 0.25) is 0 Å². The summed E-state index contributed by atoms with van der Waals surface area (Å²) in [7, 11) is 1.69. The number of methoxy groups -OCH3 is 1. The minimum absolute atomic E-state index is 0.0333.